The van der Waals surface area contributed by atoms with E-state index in [1.54, 1.807) is 34.6 Å². The molecule has 2 aromatic carbocycles. The average molecular weight is 627 g/mol. The molecule has 4 aromatic heterocycles. The highest BCUT2D eigenvalue weighted by molar-refractivity contribution is 5.99. The van der Waals surface area contributed by atoms with Crippen molar-refractivity contribution in [2.24, 2.45) is 7.05 Å². The molecule has 0 amide bonds. The summed E-state index contributed by atoms with van der Waals surface area (Å²) >= 11 is 0. The van der Waals surface area contributed by atoms with E-state index >= 15 is 0 Å². The average Bonchev–Trinajstić information content (AvgIpc) is 3.78. The van der Waals surface area contributed by atoms with E-state index in [-0.39, 0.29) is 23.4 Å². The van der Waals surface area contributed by atoms with Crippen LogP contribution in [0.1, 0.15) is 38.3 Å². The number of rotatable bonds is 8. The van der Waals surface area contributed by atoms with Crippen LogP contribution in [0.2, 0.25) is 0 Å². The van der Waals surface area contributed by atoms with E-state index in [4.69, 9.17) is 0 Å². The highest BCUT2D eigenvalue weighted by atomic mass is 19.4. The normalized spacial score (nSPS) is 11.3. The number of alkyl halides is 3. The molecule has 0 saturated carbocycles. The Kier molecular flexibility index (Phi) is 8.02. The van der Waals surface area contributed by atoms with Gasteiger partial charge in [0.05, 0.1) is 47.8 Å². The quantitative estimate of drug-likeness (QED) is 0.118. The van der Waals surface area contributed by atoms with Crippen LogP contribution < -0.4 is 10.6 Å². The van der Waals surface area contributed by atoms with Gasteiger partial charge in [-0.05, 0) is 60.4 Å². The highest BCUT2D eigenvalue weighted by Gasteiger charge is 2.33. The second-order valence-corrected chi connectivity index (χ2v) is 10.6. The topological polar surface area (TPSA) is 94.1 Å². The Balaban J connectivity index is 1.20. The lowest BCUT2D eigenvalue weighted by atomic mass is 10.0. The molecule has 46 heavy (non-hydrogen) atoms. The Morgan fingerprint density at radius 1 is 1.04 bits per heavy atom. The summed E-state index contributed by atoms with van der Waals surface area (Å²) < 4.78 is 61.4. The van der Waals surface area contributed by atoms with Crippen molar-refractivity contribution in [3.63, 3.8) is 0 Å². The summed E-state index contributed by atoms with van der Waals surface area (Å²) in [5, 5.41) is 10.1. The third-order valence-electron chi connectivity index (χ3n) is 7.24. The Hall–Kier alpha value is -5.90. The van der Waals surface area contributed by atoms with E-state index in [1.165, 1.54) is 41.4 Å². The van der Waals surface area contributed by atoms with Crippen molar-refractivity contribution < 1.29 is 22.4 Å². The molecule has 13 heteroatoms. The number of benzene rings is 2. The first-order valence-electron chi connectivity index (χ1n) is 14.0. The Morgan fingerprint density at radius 3 is 2.63 bits per heavy atom. The van der Waals surface area contributed by atoms with Crippen molar-refractivity contribution >= 4 is 28.5 Å². The minimum atomic E-state index is -4.62. The van der Waals surface area contributed by atoms with Crippen LogP contribution in [0.15, 0.2) is 86.0 Å². The third-order valence-corrected chi connectivity index (χ3v) is 7.24. The van der Waals surface area contributed by atoms with Crippen LogP contribution in [0.25, 0.3) is 5.65 Å². The van der Waals surface area contributed by atoms with Crippen molar-refractivity contribution in [3.8, 4) is 11.8 Å². The molecule has 4 heterocycles. The first-order chi connectivity index (χ1) is 22.0. The molecule has 0 fully saturated rings. The number of anilines is 3. The number of aryl methyl sites for hydroxylation is 2. The van der Waals surface area contributed by atoms with Gasteiger partial charge in [-0.15, -0.1) is 0 Å². The fraction of sp³-hybridized carbons (Fsp3) is 0.152. The van der Waals surface area contributed by atoms with E-state index in [0.29, 0.717) is 22.5 Å². The minimum absolute atomic E-state index is 0.0228. The number of Topliss-reactive ketones (excluding diaryl/α,β-unsaturated/α-hetero) is 1. The van der Waals surface area contributed by atoms with Crippen molar-refractivity contribution in [1.82, 2.24) is 28.7 Å². The lowest BCUT2D eigenvalue weighted by Crippen LogP contribution is -2.17. The lowest BCUT2D eigenvalue weighted by molar-refractivity contribution is -0.138. The van der Waals surface area contributed by atoms with Gasteiger partial charge in [-0.2, -0.15) is 18.3 Å². The number of hydrogen-bond donors (Lipinski definition) is 2. The second-order valence-electron chi connectivity index (χ2n) is 10.6. The molecule has 0 saturated heterocycles. The molecule has 0 aliphatic carbocycles. The van der Waals surface area contributed by atoms with E-state index in [1.807, 2.05) is 31.6 Å². The van der Waals surface area contributed by atoms with Crippen LogP contribution in [-0.2, 0) is 19.8 Å². The summed E-state index contributed by atoms with van der Waals surface area (Å²) in [6.45, 7) is 1.23. The molecule has 0 bridgehead atoms. The molecule has 9 nitrogen and oxygen atoms in total. The molecule has 0 radical (unpaired) electrons. The van der Waals surface area contributed by atoms with E-state index in [2.05, 4.69) is 37.5 Å². The number of carbonyl (C=O) groups is 1. The fourth-order valence-corrected chi connectivity index (χ4v) is 4.94. The lowest BCUT2D eigenvalue weighted by Gasteiger charge is -2.16. The largest absolute Gasteiger partial charge is 0.416 e. The van der Waals surface area contributed by atoms with Gasteiger partial charge in [0.1, 0.15) is 11.5 Å². The Morgan fingerprint density at radius 2 is 1.89 bits per heavy atom. The van der Waals surface area contributed by atoms with Gasteiger partial charge in [0.25, 0.3) is 0 Å². The molecule has 232 valence electrons. The van der Waals surface area contributed by atoms with Gasteiger partial charge in [0.2, 0.25) is 0 Å². The third kappa shape index (κ3) is 6.46. The summed E-state index contributed by atoms with van der Waals surface area (Å²) in [7, 11) is 1.82. The summed E-state index contributed by atoms with van der Waals surface area (Å²) in [4.78, 5) is 21.4. The number of hydrogen-bond acceptors (Lipinski definition) is 6. The maximum Gasteiger partial charge on any atom is 0.416 e. The Labute approximate surface area is 260 Å². The van der Waals surface area contributed by atoms with Gasteiger partial charge < -0.3 is 15.2 Å². The number of carbonyl (C=O) groups excluding carboxylic acids is 1. The van der Waals surface area contributed by atoms with Crippen LogP contribution in [0, 0.1) is 24.6 Å². The molecule has 6 aromatic rings. The first kappa shape index (κ1) is 30.1. The number of nitrogens with one attached hydrogen (secondary N) is 2. The van der Waals surface area contributed by atoms with Crippen molar-refractivity contribution in [2.75, 3.05) is 17.2 Å². The van der Waals surface area contributed by atoms with Gasteiger partial charge in [0, 0.05) is 49.6 Å². The molecular formula is C33H26F4N8O. The van der Waals surface area contributed by atoms with Gasteiger partial charge in [-0.25, -0.2) is 14.4 Å². The van der Waals surface area contributed by atoms with Gasteiger partial charge >= 0.3 is 6.18 Å². The number of aromatic nitrogens is 6. The molecule has 0 spiro atoms. The SMILES string of the molecule is Cc1cc(F)c(C(=O)CNc2ccc(Cn3ccnc3)c(C(F)(F)F)c2)cc1C#Cc1cnc2c(Nc3cnn(C)c3)cccn12. The maximum atomic E-state index is 14.9. The van der Waals surface area contributed by atoms with Crippen LogP contribution in [0.5, 0.6) is 0 Å². The zero-order chi connectivity index (χ0) is 32.4. The smallest absolute Gasteiger partial charge is 0.378 e. The van der Waals surface area contributed by atoms with Crippen LogP contribution in [0.3, 0.4) is 0 Å². The molecule has 0 atom stereocenters. The Bertz CT molecular complexity index is 2120. The number of halogens is 4. The summed E-state index contributed by atoms with van der Waals surface area (Å²) in [6.07, 6.45) is 6.81. The minimum Gasteiger partial charge on any atom is -0.378 e. The standard InChI is InChI=1S/C33H26F4N8O/c1-21-12-29(34)27(31(46)17-39-24-7-5-23(18-44-11-9-38-20-44)28(14-24)33(35,36)37)13-22(21)6-8-26-16-40-32-30(4-3-10-45(26)32)42-25-15-41-43(2)19-25/h3-5,7,9-16,19-20,39,42H,17-18H2,1-2H3. The van der Waals surface area contributed by atoms with Crippen LogP contribution in [-0.4, -0.2) is 41.0 Å². The maximum absolute atomic E-state index is 14.9. The van der Waals surface area contributed by atoms with Gasteiger partial charge in [0.15, 0.2) is 11.4 Å². The first-order valence-corrected chi connectivity index (χ1v) is 14.0. The van der Waals surface area contributed by atoms with E-state index in [0.717, 1.165) is 17.4 Å². The monoisotopic (exact) mass is 626 g/mol. The number of fused-ring (bicyclic) bond motifs is 1. The molecule has 0 aliphatic rings. The molecule has 0 unspecified atom stereocenters. The second kappa shape index (κ2) is 12.2. The van der Waals surface area contributed by atoms with Crippen molar-refractivity contribution in [2.45, 2.75) is 19.6 Å². The van der Waals surface area contributed by atoms with Crippen molar-refractivity contribution in [3.05, 3.63) is 125 Å². The molecular weight excluding hydrogens is 600 g/mol. The number of nitrogens with zero attached hydrogens (tertiary/aromatic N) is 6. The summed E-state index contributed by atoms with van der Waals surface area (Å²) in [5.74, 6) is 4.67. The van der Waals surface area contributed by atoms with Gasteiger partial charge in [-0.1, -0.05) is 12.0 Å². The van der Waals surface area contributed by atoms with Crippen LogP contribution >= 0.6 is 0 Å². The molecule has 2 N–H and O–H groups in total. The van der Waals surface area contributed by atoms with Gasteiger partial charge in [-0.3, -0.25) is 13.9 Å². The predicted octanol–water partition coefficient (Wildman–Crippen LogP) is 6.22. The number of pyridine rings is 1. The fourth-order valence-electron chi connectivity index (χ4n) is 4.94. The van der Waals surface area contributed by atoms with Crippen LogP contribution in [0.4, 0.5) is 34.6 Å². The molecule has 6 rings (SSSR count). The highest BCUT2D eigenvalue weighted by Crippen LogP contribution is 2.34. The summed E-state index contributed by atoms with van der Waals surface area (Å²) in [5.41, 5.74) is 2.74. The van der Waals surface area contributed by atoms with E-state index < -0.39 is 29.9 Å². The van der Waals surface area contributed by atoms with Crippen molar-refractivity contribution in [1.29, 1.82) is 0 Å². The zero-order valence-electron chi connectivity index (χ0n) is 24.6. The molecule has 0 aliphatic heterocycles. The predicted molar refractivity (Wildman–Crippen MR) is 164 cm³/mol. The van der Waals surface area contributed by atoms with E-state index in [9.17, 15) is 22.4 Å². The number of ketones is 1. The zero-order valence-corrected chi connectivity index (χ0v) is 24.6. The number of imidazole rings is 2. The summed E-state index contributed by atoms with van der Waals surface area (Å²) in [6, 6.07) is 10.0.